The number of esters is 1. The average molecular weight is 584 g/mol. The molecule has 2 saturated heterocycles. The Morgan fingerprint density at radius 1 is 1.03 bits per heavy atom. The molecule has 0 amide bonds. The molecule has 2 aliphatic heterocycles. The number of hydrogen-bond donors (Lipinski definition) is 1. The van der Waals surface area contributed by atoms with Crippen LogP contribution in [0, 0.1) is 34.5 Å². The van der Waals surface area contributed by atoms with Gasteiger partial charge in [0.25, 0.3) is 0 Å². The minimum Gasteiger partial charge on any atom is -1.00 e. The molecule has 4 saturated carbocycles. The number of carbonyl (C=O) groups is 1. The second-order valence-corrected chi connectivity index (χ2v) is 14.4. The van der Waals surface area contributed by atoms with Crippen molar-refractivity contribution in [2.45, 2.75) is 103 Å². The molecule has 3 unspecified atom stereocenters. The summed E-state index contributed by atoms with van der Waals surface area (Å²) in [7, 11) is 2.44. The van der Waals surface area contributed by atoms with Crippen molar-refractivity contribution in [1.29, 1.82) is 0 Å². The highest BCUT2D eigenvalue weighted by Crippen LogP contribution is 2.67. The van der Waals surface area contributed by atoms with Gasteiger partial charge in [-0.3, -0.25) is 9.69 Å². The Labute approximate surface area is 235 Å². The van der Waals surface area contributed by atoms with Crippen LogP contribution in [0.2, 0.25) is 0 Å². The van der Waals surface area contributed by atoms with Crippen LogP contribution in [-0.2, 0) is 14.3 Å². The summed E-state index contributed by atoms with van der Waals surface area (Å²) in [6.45, 7) is 12.7. The number of carbonyl (C=O) groups excluding carboxylic acids is 1. The highest BCUT2D eigenvalue weighted by Gasteiger charge is 2.67. The van der Waals surface area contributed by atoms with Gasteiger partial charge in [0.1, 0.15) is 6.04 Å². The number of ether oxygens (including phenoxy) is 2. The van der Waals surface area contributed by atoms with Gasteiger partial charge in [0, 0.05) is 50.7 Å². The number of quaternary nitrogens is 1. The van der Waals surface area contributed by atoms with Crippen LogP contribution < -0.4 is 17.0 Å². The Hall–Kier alpha value is -0.210. The molecular weight excluding hydrogens is 532 g/mol. The molecule has 6 rings (SSSR count). The van der Waals surface area contributed by atoms with Crippen molar-refractivity contribution in [3.8, 4) is 0 Å². The summed E-state index contributed by atoms with van der Waals surface area (Å²) < 4.78 is 13.0. The number of morpholine rings is 1. The fraction of sp³-hybridized carbons (Fsp3) is 0.967. The summed E-state index contributed by atoms with van der Waals surface area (Å²) in [5.74, 6) is 2.64. The van der Waals surface area contributed by atoms with Crippen LogP contribution in [0.1, 0.15) is 78.6 Å². The number of likely N-dealkylation sites (tertiary alicyclic amines) is 1. The minimum atomic E-state index is -0.199. The fourth-order valence-corrected chi connectivity index (χ4v) is 10.9. The first-order chi connectivity index (χ1) is 17.2. The number of nitrogens with zero attached hydrogens (tertiary/aromatic N) is 2. The van der Waals surface area contributed by atoms with E-state index < -0.39 is 0 Å². The van der Waals surface area contributed by atoms with Gasteiger partial charge in [0.2, 0.25) is 0 Å². The number of halogens is 1. The quantitative estimate of drug-likeness (QED) is 0.395. The van der Waals surface area contributed by atoms with Gasteiger partial charge in [-0.2, -0.15) is 0 Å². The van der Waals surface area contributed by atoms with Crippen molar-refractivity contribution >= 4 is 5.97 Å². The van der Waals surface area contributed by atoms with Crippen molar-refractivity contribution in [1.82, 2.24) is 4.90 Å². The van der Waals surface area contributed by atoms with Crippen LogP contribution in [0.4, 0.5) is 0 Å². The van der Waals surface area contributed by atoms with Gasteiger partial charge in [-0.1, -0.05) is 13.8 Å². The first kappa shape index (κ1) is 28.3. The first-order valence-corrected chi connectivity index (χ1v) is 15.2. The maximum Gasteiger partial charge on any atom is 0.303 e. The first-order valence-electron chi connectivity index (χ1n) is 15.2. The predicted molar refractivity (Wildman–Crippen MR) is 139 cm³/mol. The van der Waals surface area contributed by atoms with E-state index in [0.29, 0.717) is 23.3 Å². The zero-order chi connectivity index (χ0) is 25.3. The molecule has 6 nitrogen and oxygen atoms in total. The van der Waals surface area contributed by atoms with Crippen LogP contribution >= 0.6 is 0 Å². The van der Waals surface area contributed by atoms with Crippen LogP contribution in [0.3, 0.4) is 0 Å². The van der Waals surface area contributed by atoms with E-state index in [4.69, 9.17) is 9.47 Å². The number of fused-ring (bicyclic) bond motifs is 5. The molecule has 0 spiro atoms. The van der Waals surface area contributed by atoms with Gasteiger partial charge in [-0.15, -0.1) is 0 Å². The Balaban J connectivity index is 0.00000280. The van der Waals surface area contributed by atoms with E-state index in [9.17, 15) is 9.90 Å². The molecule has 6 fully saturated rings. The topological polar surface area (TPSA) is 59.0 Å². The van der Waals surface area contributed by atoms with E-state index >= 15 is 0 Å². The maximum absolute atomic E-state index is 12.4. The molecule has 4 aliphatic carbocycles. The highest BCUT2D eigenvalue weighted by atomic mass is 79.9. The monoisotopic (exact) mass is 582 g/mol. The van der Waals surface area contributed by atoms with E-state index in [1.165, 1.54) is 58.0 Å². The molecule has 37 heavy (non-hydrogen) atoms. The lowest BCUT2D eigenvalue weighted by Crippen LogP contribution is -3.00. The molecule has 2 heterocycles. The molecule has 0 aromatic carbocycles. The summed E-state index contributed by atoms with van der Waals surface area (Å²) in [5.41, 5.74) is 0.399. The van der Waals surface area contributed by atoms with Crippen molar-refractivity contribution in [3.63, 3.8) is 0 Å². The van der Waals surface area contributed by atoms with Gasteiger partial charge in [-0.25, -0.2) is 0 Å². The van der Waals surface area contributed by atoms with E-state index in [1.807, 2.05) is 0 Å². The van der Waals surface area contributed by atoms with Crippen molar-refractivity contribution in [3.05, 3.63) is 0 Å². The summed E-state index contributed by atoms with van der Waals surface area (Å²) in [6.07, 6.45) is 10.8. The van der Waals surface area contributed by atoms with Crippen LogP contribution in [-0.4, -0.2) is 91.2 Å². The second kappa shape index (κ2) is 10.3. The second-order valence-electron chi connectivity index (χ2n) is 14.4. The molecule has 6 aliphatic rings. The Bertz CT molecular complexity index is 845. The lowest BCUT2D eigenvalue weighted by atomic mass is 9.44. The summed E-state index contributed by atoms with van der Waals surface area (Å²) in [5, 5.41) is 11.2. The Morgan fingerprint density at radius 3 is 2.41 bits per heavy atom. The standard InChI is InChI=1S/C30H51N2O4.BrH/c1-20(33)36-28-26(32(4)13-5-6-14-32)18-24-22-8-7-21-17-27(34)25(31-11-15-35-16-12-31)19-30(21,3)23(22)9-10-29(24,28)2;/h21-28,34H,5-19H2,1-4H3;1H/q+1;/p-1/t21-,22?,23?,24?,25-,26-,27-,28-,29-,30-;/m0./s1. The lowest BCUT2D eigenvalue weighted by molar-refractivity contribution is -0.924. The SMILES string of the molecule is CC(=O)O[C@H]1[C@@H]([N+]2(C)CCCC2)CC2C3CC[C@H]4C[C@H](O)[C@@H](N5CCOCC5)C[C@]4(C)C3CC[C@@]21C.[Br-]. The van der Waals surface area contributed by atoms with Crippen molar-refractivity contribution in [2.24, 2.45) is 34.5 Å². The number of aliphatic hydroxyl groups is 1. The lowest BCUT2D eigenvalue weighted by Gasteiger charge is -2.62. The van der Waals surface area contributed by atoms with E-state index in [2.05, 4.69) is 25.8 Å². The Morgan fingerprint density at radius 2 is 1.73 bits per heavy atom. The van der Waals surface area contributed by atoms with Gasteiger partial charge >= 0.3 is 5.97 Å². The van der Waals surface area contributed by atoms with E-state index in [0.717, 1.165) is 55.5 Å². The third-order valence-corrected chi connectivity index (χ3v) is 12.8. The number of hydrogen-bond acceptors (Lipinski definition) is 5. The van der Waals surface area contributed by atoms with Gasteiger partial charge in [0.05, 0.1) is 39.5 Å². The normalized spacial score (nSPS) is 49.3. The number of likely N-dealkylation sites (N-methyl/N-ethyl adjacent to an activating group) is 1. The minimum absolute atomic E-state index is 0. The molecular formula is C30H51BrN2O4. The molecule has 0 radical (unpaired) electrons. The van der Waals surface area contributed by atoms with Crippen molar-refractivity contribution < 1.29 is 40.8 Å². The fourth-order valence-electron chi connectivity index (χ4n) is 10.9. The van der Waals surface area contributed by atoms with Crippen molar-refractivity contribution in [2.75, 3.05) is 46.4 Å². The summed E-state index contributed by atoms with van der Waals surface area (Å²) in [4.78, 5) is 14.9. The molecule has 0 bridgehead atoms. The largest absolute Gasteiger partial charge is 1.00 e. The highest BCUT2D eigenvalue weighted by molar-refractivity contribution is 5.66. The van der Waals surface area contributed by atoms with E-state index in [1.54, 1.807) is 6.92 Å². The average Bonchev–Trinajstić information content (AvgIpc) is 3.42. The molecule has 0 aromatic rings. The zero-order valence-electron chi connectivity index (χ0n) is 23.7. The molecule has 7 heteroatoms. The van der Waals surface area contributed by atoms with Gasteiger partial charge in [0.15, 0.2) is 6.10 Å². The zero-order valence-corrected chi connectivity index (χ0v) is 25.3. The smallest absolute Gasteiger partial charge is 0.303 e. The molecule has 10 atom stereocenters. The molecule has 212 valence electrons. The summed E-state index contributed by atoms with van der Waals surface area (Å²) >= 11 is 0. The molecule has 1 N–H and O–H groups in total. The van der Waals surface area contributed by atoms with Crippen LogP contribution in [0.15, 0.2) is 0 Å². The van der Waals surface area contributed by atoms with Crippen LogP contribution in [0.25, 0.3) is 0 Å². The Kier molecular flexibility index (Phi) is 7.90. The number of aliphatic hydroxyl groups excluding tert-OH is 1. The number of rotatable bonds is 3. The van der Waals surface area contributed by atoms with E-state index in [-0.39, 0.29) is 46.6 Å². The summed E-state index contributed by atoms with van der Waals surface area (Å²) in [6, 6.07) is 0.728. The maximum atomic E-state index is 12.4. The predicted octanol–water partition coefficient (Wildman–Crippen LogP) is 0.855. The van der Waals surface area contributed by atoms with Gasteiger partial charge in [-0.05, 0) is 67.6 Å². The molecule has 0 aromatic heterocycles. The van der Waals surface area contributed by atoms with Crippen LogP contribution in [0.5, 0.6) is 0 Å². The third kappa shape index (κ3) is 4.55. The third-order valence-electron chi connectivity index (χ3n) is 12.8. The van der Waals surface area contributed by atoms with Gasteiger partial charge < -0.3 is 36.0 Å².